The molecule has 0 aliphatic rings. The summed E-state index contributed by atoms with van der Waals surface area (Å²) in [5.41, 5.74) is 1.46. The zero-order valence-corrected chi connectivity index (χ0v) is 13.4. The number of nitrogens with zero attached hydrogens (tertiary/aromatic N) is 2. The van der Waals surface area contributed by atoms with E-state index < -0.39 is 0 Å². The molecule has 0 saturated carbocycles. The van der Waals surface area contributed by atoms with Gasteiger partial charge in [-0.25, -0.2) is 4.98 Å². The molecule has 0 spiro atoms. The highest BCUT2D eigenvalue weighted by atomic mass is 32.1. The summed E-state index contributed by atoms with van der Waals surface area (Å²) in [4.78, 5) is 32.1. The first kappa shape index (κ1) is 15.9. The molecule has 0 aliphatic heterocycles. The predicted octanol–water partition coefficient (Wildman–Crippen LogP) is 2.56. The molecule has 2 N–H and O–H groups in total. The maximum absolute atomic E-state index is 11.9. The lowest BCUT2D eigenvalue weighted by molar-refractivity contribution is -0.116. The second-order valence-electron chi connectivity index (χ2n) is 4.78. The summed E-state index contributed by atoms with van der Waals surface area (Å²) >= 11 is 1.33. The third kappa shape index (κ3) is 4.05. The van der Waals surface area contributed by atoms with E-state index in [1.807, 2.05) is 23.6 Å². The Morgan fingerprint density at radius 3 is 2.83 bits per heavy atom. The highest BCUT2D eigenvalue weighted by Gasteiger charge is 2.11. The number of carbonyl (C=O) groups excluding carboxylic acids is 2. The van der Waals surface area contributed by atoms with Gasteiger partial charge in [-0.1, -0.05) is 6.07 Å². The first-order valence-electron chi connectivity index (χ1n) is 7.21. The molecule has 3 aromatic heterocycles. The largest absolute Gasteiger partial charge is 0.459 e. The first-order chi connectivity index (χ1) is 11.7. The van der Waals surface area contributed by atoms with Crippen LogP contribution in [-0.2, 0) is 4.79 Å². The van der Waals surface area contributed by atoms with Crippen molar-refractivity contribution in [2.75, 3.05) is 11.9 Å². The van der Waals surface area contributed by atoms with Crippen molar-refractivity contribution in [2.24, 2.45) is 0 Å². The second kappa shape index (κ2) is 7.51. The lowest BCUT2D eigenvalue weighted by atomic mass is 10.3. The average Bonchev–Trinajstić information content (AvgIpc) is 3.27. The number of thiazole rings is 1. The van der Waals surface area contributed by atoms with Gasteiger partial charge in [0.05, 0.1) is 12.0 Å². The van der Waals surface area contributed by atoms with Crippen LogP contribution in [0, 0.1) is 0 Å². The van der Waals surface area contributed by atoms with Crippen molar-refractivity contribution in [3.05, 3.63) is 53.9 Å². The van der Waals surface area contributed by atoms with Crippen LogP contribution in [0.4, 0.5) is 5.13 Å². The Morgan fingerprint density at radius 2 is 2.08 bits per heavy atom. The highest BCUT2D eigenvalue weighted by Crippen LogP contribution is 2.23. The minimum atomic E-state index is -0.348. The van der Waals surface area contributed by atoms with Gasteiger partial charge in [0, 0.05) is 24.5 Å². The van der Waals surface area contributed by atoms with E-state index >= 15 is 0 Å². The summed E-state index contributed by atoms with van der Waals surface area (Å²) in [7, 11) is 0. The summed E-state index contributed by atoms with van der Waals surface area (Å²) in [5.74, 6) is -0.355. The van der Waals surface area contributed by atoms with Gasteiger partial charge in [-0.2, -0.15) is 0 Å². The van der Waals surface area contributed by atoms with E-state index in [0.29, 0.717) is 10.8 Å². The lowest BCUT2D eigenvalue weighted by Crippen LogP contribution is -2.27. The Bertz CT molecular complexity index is 815. The number of furan rings is 1. The minimum Gasteiger partial charge on any atom is -0.459 e. The van der Waals surface area contributed by atoms with Crippen LogP contribution in [0.2, 0.25) is 0 Å². The zero-order chi connectivity index (χ0) is 16.8. The monoisotopic (exact) mass is 342 g/mol. The molecule has 0 atom stereocenters. The molecule has 3 heterocycles. The smallest absolute Gasteiger partial charge is 0.286 e. The van der Waals surface area contributed by atoms with E-state index in [4.69, 9.17) is 4.42 Å². The summed E-state index contributed by atoms with van der Waals surface area (Å²) < 4.78 is 4.97. The molecular weight excluding hydrogens is 328 g/mol. The van der Waals surface area contributed by atoms with Gasteiger partial charge in [0.25, 0.3) is 5.91 Å². The van der Waals surface area contributed by atoms with E-state index in [-0.39, 0.29) is 30.5 Å². The Hall–Kier alpha value is -3.00. The Balaban J connectivity index is 1.47. The minimum absolute atomic E-state index is 0.144. The van der Waals surface area contributed by atoms with Crippen molar-refractivity contribution >= 4 is 28.3 Å². The maximum atomic E-state index is 11.9. The Kier molecular flexibility index (Phi) is 4.97. The normalized spacial score (nSPS) is 10.3. The van der Waals surface area contributed by atoms with Crippen molar-refractivity contribution in [1.82, 2.24) is 15.3 Å². The molecule has 0 fully saturated rings. The fourth-order valence-corrected chi connectivity index (χ4v) is 2.65. The van der Waals surface area contributed by atoms with Crippen LogP contribution in [0.25, 0.3) is 11.4 Å². The van der Waals surface area contributed by atoms with Crippen molar-refractivity contribution in [3.63, 3.8) is 0 Å². The highest BCUT2D eigenvalue weighted by molar-refractivity contribution is 7.14. The SMILES string of the molecule is O=C(CCNC(=O)c1ccco1)Nc1nc(-c2ccccn2)cs1. The number of anilines is 1. The van der Waals surface area contributed by atoms with Crippen LogP contribution in [0.5, 0.6) is 0 Å². The standard InChI is InChI=1S/C16H14N4O3S/c21-14(6-8-18-15(22)13-5-3-9-23-13)20-16-19-12(10-24-16)11-4-1-2-7-17-11/h1-5,7,9-10H,6,8H2,(H,18,22)(H,19,20,21). The Morgan fingerprint density at radius 1 is 1.17 bits per heavy atom. The van der Waals surface area contributed by atoms with Gasteiger partial charge in [0.2, 0.25) is 5.91 Å². The number of rotatable bonds is 6. The third-order valence-corrected chi connectivity index (χ3v) is 3.82. The zero-order valence-electron chi connectivity index (χ0n) is 12.6. The molecule has 0 aromatic carbocycles. The van der Waals surface area contributed by atoms with Gasteiger partial charge in [-0.3, -0.25) is 14.6 Å². The van der Waals surface area contributed by atoms with Gasteiger partial charge in [0.1, 0.15) is 5.69 Å². The average molecular weight is 342 g/mol. The number of pyridine rings is 1. The number of carbonyl (C=O) groups is 2. The van der Waals surface area contributed by atoms with Crippen molar-refractivity contribution in [2.45, 2.75) is 6.42 Å². The van der Waals surface area contributed by atoms with Crippen LogP contribution in [0.1, 0.15) is 17.0 Å². The summed E-state index contributed by atoms with van der Waals surface area (Å²) in [6, 6.07) is 8.75. The first-order valence-corrected chi connectivity index (χ1v) is 8.09. The van der Waals surface area contributed by atoms with E-state index in [0.717, 1.165) is 5.69 Å². The van der Waals surface area contributed by atoms with Crippen molar-refractivity contribution in [1.29, 1.82) is 0 Å². The Labute approximate surface area is 141 Å². The van der Waals surface area contributed by atoms with Crippen LogP contribution in [-0.4, -0.2) is 28.3 Å². The molecule has 0 radical (unpaired) electrons. The fourth-order valence-electron chi connectivity index (χ4n) is 1.93. The molecule has 3 rings (SSSR count). The quantitative estimate of drug-likeness (QED) is 0.717. The number of hydrogen-bond acceptors (Lipinski definition) is 6. The molecule has 0 unspecified atom stereocenters. The molecule has 7 nitrogen and oxygen atoms in total. The molecule has 24 heavy (non-hydrogen) atoms. The molecular formula is C16H14N4O3S. The number of aromatic nitrogens is 2. The van der Waals surface area contributed by atoms with Gasteiger partial charge in [0.15, 0.2) is 10.9 Å². The summed E-state index contributed by atoms with van der Waals surface area (Å²) in [6.45, 7) is 0.212. The second-order valence-corrected chi connectivity index (χ2v) is 5.64. The third-order valence-electron chi connectivity index (χ3n) is 3.06. The van der Waals surface area contributed by atoms with Crippen LogP contribution in [0.15, 0.2) is 52.6 Å². The molecule has 2 amide bonds. The van der Waals surface area contributed by atoms with E-state index in [1.54, 1.807) is 18.3 Å². The van der Waals surface area contributed by atoms with Gasteiger partial charge in [-0.15, -0.1) is 11.3 Å². The predicted molar refractivity (Wildman–Crippen MR) is 89.6 cm³/mol. The lowest BCUT2D eigenvalue weighted by Gasteiger charge is -2.03. The fraction of sp³-hybridized carbons (Fsp3) is 0.125. The number of hydrogen-bond donors (Lipinski definition) is 2. The van der Waals surface area contributed by atoms with E-state index in [2.05, 4.69) is 20.6 Å². The molecule has 0 saturated heterocycles. The van der Waals surface area contributed by atoms with Gasteiger partial charge >= 0.3 is 0 Å². The van der Waals surface area contributed by atoms with E-state index in [1.165, 1.54) is 17.6 Å². The van der Waals surface area contributed by atoms with Crippen molar-refractivity contribution in [3.8, 4) is 11.4 Å². The molecule has 122 valence electrons. The van der Waals surface area contributed by atoms with Crippen LogP contribution < -0.4 is 10.6 Å². The maximum Gasteiger partial charge on any atom is 0.286 e. The number of amides is 2. The summed E-state index contributed by atoms with van der Waals surface area (Å²) in [5, 5.41) is 7.65. The number of nitrogens with one attached hydrogen (secondary N) is 2. The topological polar surface area (TPSA) is 97.1 Å². The van der Waals surface area contributed by atoms with Gasteiger partial charge < -0.3 is 15.1 Å². The molecule has 3 aromatic rings. The van der Waals surface area contributed by atoms with Crippen LogP contribution in [0.3, 0.4) is 0 Å². The molecule has 8 heteroatoms. The van der Waals surface area contributed by atoms with Crippen molar-refractivity contribution < 1.29 is 14.0 Å². The molecule has 0 bridgehead atoms. The van der Waals surface area contributed by atoms with Gasteiger partial charge in [-0.05, 0) is 24.3 Å². The van der Waals surface area contributed by atoms with E-state index in [9.17, 15) is 9.59 Å². The molecule has 0 aliphatic carbocycles. The van der Waals surface area contributed by atoms with Crippen LogP contribution >= 0.6 is 11.3 Å². The summed E-state index contributed by atoms with van der Waals surface area (Å²) in [6.07, 6.45) is 3.25.